The topological polar surface area (TPSA) is 75.5 Å². The zero-order chi connectivity index (χ0) is 18.8. The highest BCUT2D eigenvalue weighted by molar-refractivity contribution is 7.99. The molecule has 136 valence electrons. The number of fused-ring (bicyclic) bond motifs is 1. The van der Waals surface area contributed by atoms with Crippen LogP contribution in [-0.2, 0) is 0 Å². The minimum absolute atomic E-state index is 0.0369. The lowest BCUT2D eigenvalue weighted by Crippen LogP contribution is -2.34. The van der Waals surface area contributed by atoms with Crippen LogP contribution in [0, 0.1) is 10.1 Å². The average Bonchev–Trinajstić information content (AvgIpc) is 3.18. The molecule has 0 aliphatic carbocycles. The van der Waals surface area contributed by atoms with Crippen molar-refractivity contribution in [2.45, 2.75) is 5.37 Å². The SMILES string of the molecule is O=C(Nc1ccc2ccccc2c1)N1CCSC1c1cccc([N+](=O)[O-])c1. The van der Waals surface area contributed by atoms with Gasteiger partial charge in [-0.2, -0.15) is 0 Å². The molecular weight excluding hydrogens is 362 g/mol. The van der Waals surface area contributed by atoms with Crippen molar-refractivity contribution in [2.75, 3.05) is 17.6 Å². The quantitative estimate of drug-likeness (QED) is 0.512. The van der Waals surface area contributed by atoms with E-state index >= 15 is 0 Å². The summed E-state index contributed by atoms with van der Waals surface area (Å²) >= 11 is 1.61. The summed E-state index contributed by atoms with van der Waals surface area (Å²) in [5.41, 5.74) is 1.53. The summed E-state index contributed by atoms with van der Waals surface area (Å²) in [4.78, 5) is 25.2. The molecule has 1 fully saturated rings. The molecule has 1 saturated heterocycles. The van der Waals surface area contributed by atoms with Gasteiger partial charge in [-0.05, 0) is 28.5 Å². The van der Waals surface area contributed by atoms with E-state index in [-0.39, 0.29) is 17.1 Å². The molecule has 1 N–H and O–H groups in total. The predicted molar refractivity (Wildman–Crippen MR) is 108 cm³/mol. The summed E-state index contributed by atoms with van der Waals surface area (Å²) in [5, 5.41) is 15.9. The van der Waals surface area contributed by atoms with E-state index < -0.39 is 4.92 Å². The van der Waals surface area contributed by atoms with Crippen molar-refractivity contribution in [3.63, 3.8) is 0 Å². The number of rotatable bonds is 3. The molecule has 1 atom stereocenters. The van der Waals surface area contributed by atoms with Crippen LogP contribution in [0.3, 0.4) is 0 Å². The van der Waals surface area contributed by atoms with Crippen molar-refractivity contribution in [1.82, 2.24) is 4.90 Å². The predicted octanol–water partition coefficient (Wildman–Crippen LogP) is 5.03. The standard InChI is InChI=1S/C20H17N3O3S/c24-20(21-17-9-8-14-4-1-2-5-15(14)12-17)22-10-11-27-19(22)16-6-3-7-18(13-16)23(25)26/h1-9,12-13,19H,10-11H2,(H,21,24). The van der Waals surface area contributed by atoms with Crippen molar-refractivity contribution in [3.05, 3.63) is 82.4 Å². The van der Waals surface area contributed by atoms with Crippen molar-refractivity contribution >= 4 is 39.9 Å². The van der Waals surface area contributed by atoms with E-state index in [1.807, 2.05) is 48.5 Å². The van der Waals surface area contributed by atoms with Crippen molar-refractivity contribution in [2.24, 2.45) is 0 Å². The maximum absolute atomic E-state index is 12.8. The van der Waals surface area contributed by atoms with Gasteiger partial charge in [-0.3, -0.25) is 10.1 Å². The molecule has 1 unspecified atom stereocenters. The third kappa shape index (κ3) is 3.59. The van der Waals surface area contributed by atoms with E-state index in [0.717, 1.165) is 27.8 Å². The summed E-state index contributed by atoms with van der Waals surface area (Å²) in [7, 11) is 0. The van der Waals surface area contributed by atoms with Crippen molar-refractivity contribution in [1.29, 1.82) is 0 Å². The lowest BCUT2D eigenvalue weighted by atomic mass is 10.1. The summed E-state index contributed by atoms with van der Waals surface area (Å²) in [5.74, 6) is 0.790. The van der Waals surface area contributed by atoms with Crippen LogP contribution in [0.15, 0.2) is 66.7 Å². The molecule has 7 heteroatoms. The van der Waals surface area contributed by atoms with E-state index in [0.29, 0.717) is 6.54 Å². The number of nitrogens with zero attached hydrogens (tertiary/aromatic N) is 2. The second-order valence-corrected chi connectivity index (χ2v) is 7.45. The number of anilines is 1. The molecule has 3 aromatic rings. The fraction of sp³-hybridized carbons (Fsp3) is 0.150. The number of hydrogen-bond acceptors (Lipinski definition) is 4. The number of nitrogens with one attached hydrogen (secondary N) is 1. The first-order valence-corrected chi connectivity index (χ1v) is 9.59. The Bertz CT molecular complexity index is 1020. The van der Waals surface area contributed by atoms with E-state index in [1.165, 1.54) is 6.07 Å². The Morgan fingerprint density at radius 1 is 1.07 bits per heavy atom. The molecule has 3 aromatic carbocycles. The van der Waals surface area contributed by atoms with Gasteiger partial charge < -0.3 is 10.2 Å². The zero-order valence-corrected chi connectivity index (χ0v) is 15.2. The molecule has 0 aromatic heterocycles. The zero-order valence-electron chi connectivity index (χ0n) is 14.4. The number of non-ortho nitro benzene ring substituents is 1. The Hall–Kier alpha value is -3.06. The number of nitro benzene ring substituents is 1. The van der Waals surface area contributed by atoms with E-state index in [1.54, 1.807) is 28.8 Å². The summed E-state index contributed by atoms with van der Waals surface area (Å²) < 4.78 is 0. The van der Waals surface area contributed by atoms with E-state index in [4.69, 9.17) is 0 Å². The summed E-state index contributed by atoms with van der Waals surface area (Å²) in [6, 6.07) is 20.0. The number of carbonyl (C=O) groups is 1. The van der Waals surface area contributed by atoms with Gasteiger partial charge in [0.2, 0.25) is 0 Å². The van der Waals surface area contributed by atoms with Crippen LogP contribution < -0.4 is 5.32 Å². The molecule has 0 saturated carbocycles. The maximum Gasteiger partial charge on any atom is 0.323 e. The molecule has 4 rings (SSSR count). The molecule has 1 heterocycles. The van der Waals surface area contributed by atoms with Crippen LogP contribution in [0.25, 0.3) is 10.8 Å². The monoisotopic (exact) mass is 379 g/mol. The number of carbonyl (C=O) groups excluding carboxylic acids is 1. The molecule has 6 nitrogen and oxygen atoms in total. The molecule has 0 radical (unpaired) electrons. The highest BCUT2D eigenvalue weighted by Crippen LogP contribution is 2.39. The van der Waals surface area contributed by atoms with Crippen LogP contribution in [0.5, 0.6) is 0 Å². The number of thioether (sulfide) groups is 1. The van der Waals surface area contributed by atoms with Crippen molar-refractivity contribution < 1.29 is 9.72 Å². The van der Waals surface area contributed by atoms with E-state index in [2.05, 4.69) is 5.32 Å². The lowest BCUT2D eigenvalue weighted by molar-refractivity contribution is -0.384. The minimum atomic E-state index is -0.414. The summed E-state index contributed by atoms with van der Waals surface area (Å²) in [6.45, 7) is 0.595. The van der Waals surface area contributed by atoms with Gasteiger partial charge in [-0.1, -0.05) is 42.5 Å². The molecule has 27 heavy (non-hydrogen) atoms. The van der Waals surface area contributed by atoms with Crippen LogP contribution >= 0.6 is 11.8 Å². The fourth-order valence-electron chi connectivity index (χ4n) is 3.21. The molecule has 2 amide bonds. The number of amides is 2. The fourth-order valence-corrected chi connectivity index (χ4v) is 4.45. The Labute approximate surface area is 160 Å². The second-order valence-electron chi connectivity index (χ2n) is 6.26. The number of nitro groups is 1. The molecule has 0 bridgehead atoms. The first kappa shape index (κ1) is 17.4. The normalized spacial score (nSPS) is 16.4. The van der Waals surface area contributed by atoms with E-state index in [9.17, 15) is 14.9 Å². The smallest absolute Gasteiger partial charge is 0.308 e. The van der Waals surface area contributed by atoms with Crippen LogP contribution in [0.1, 0.15) is 10.9 Å². The molecule has 0 spiro atoms. The van der Waals surface area contributed by atoms with Crippen LogP contribution in [0.2, 0.25) is 0 Å². The van der Waals surface area contributed by atoms with Gasteiger partial charge >= 0.3 is 6.03 Å². The third-order valence-electron chi connectivity index (χ3n) is 4.52. The lowest BCUT2D eigenvalue weighted by Gasteiger charge is -2.24. The van der Waals surface area contributed by atoms with Gasteiger partial charge in [0.25, 0.3) is 5.69 Å². The first-order chi connectivity index (χ1) is 13.1. The summed E-state index contributed by atoms with van der Waals surface area (Å²) in [6.07, 6.45) is 0. The largest absolute Gasteiger partial charge is 0.323 e. The molecule has 1 aliphatic rings. The van der Waals surface area contributed by atoms with Gasteiger partial charge in [0.15, 0.2) is 0 Å². The third-order valence-corrected chi connectivity index (χ3v) is 5.78. The average molecular weight is 379 g/mol. The van der Waals surface area contributed by atoms with Crippen LogP contribution in [0.4, 0.5) is 16.2 Å². The van der Waals surface area contributed by atoms with Gasteiger partial charge in [0.1, 0.15) is 5.37 Å². The van der Waals surface area contributed by atoms with Gasteiger partial charge in [-0.15, -0.1) is 11.8 Å². The minimum Gasteiger partial charge on any atom is -0.308 e. The van der Waals surface area contributed by atoms with Crippen LogP contribution in [-0.4, -0.2) is 28.2 Å². The Morgan fingerprint density at radius 3 is 2.70 bits per heavy atom. The highest BCUT2D eigenvalue weighted by Gasteiger charge is 2.31. The first-order valence-electron chi connectivity index (χ1n) is 8.54. The molecular formula is C20H17N3O3S. The van der Waals surface area contributed by atoms with Gasteiger partial charge in [0, 0.05) is 30.1 Å². The van der Waals surface area contributed by atoms with Gasteiger partial charge in [-0.25, -0.2) is 4.79 Å². The Morgan fingerprint density at radius 2 is 1.89 bits per heavy atom. The maximum atomic E-state index is 12.8. The highest BCUT2D eigenvalue weighted by atomic mass is 32.2. The Balaban J connectivity index is 1.55. The number of urea groups is 1. The molecule has 1 aliphatic heterocycles. The number of hydrogen-bond donors (Lipinski definition) is 1. The second kappa shape index (κ2) is 7.28. The number of benzene rings is 3. The Kier molecular flexibility index (Phi) is 4.68. The van der Waals surface area contributed by atoms with Crippen molar-refractivity contribution in [3.8, 4) is 0 Å². The van der Waals surface area contributed by atoms with Gasteiger partial charge in [0.05, 0.1) is 4.92 Å².